The van der Waals surface area contributed by atoms with Crippen molar-refractivity contribution in [3.05, 3.63) is 0 Å². The summed E-state index contributed by atoms with van der Waals surface area (Å²) in [5.74, 6) is -0.316. The van der Waals surface area contributed by atoms with E-state index in [1.807, 2.05) is 0 Å². The first kappa shape index (κ1) is 14.7. The third kappa shape index (κ3) is 9.99. The fourth-order valence-corrected chi connectivity index (χ4v) is 0.900. The molecule has 0 rings (SSSR count). The molecule has 0 aromatic carbocycles. The summed E-state index contributed by atoms with van der Waals surface area (Å²) in [6.07, 6.45) is -4.40. The molecule has 1 unspecified atom stereocenters. The summed E-state index contributed by atoms with van der Waals surface area (Å²) in [4.78, 5) is 11.0. The second kappa shape index (κ2) is 7.05. The van der Waals surface area contributed by atoms with Gasteiger partial charge in [0, 0.05) is 17.8 Å². The number of hydrogen-bond acceptors (Lipinski definition) is 2. The van der Waals surface area contributed by atoms with Crippen LogP contribution in [0.15, 0.2) is 0 Å². The van der Waals surface area contributed by atoms with Gasteiger partial charge in [-0.15, -0.1) is 0 Å². The van der Waals surface area contributed by atoms with Crippen molar-refractivity contribution < 1.29 is 22.7 Å². The largest absolute Gasteiger partial charge is 0.411 e. The van der Waals surface area contributed by atoms with Crippen molar-refractivity contribution in [2.45, 2.75) is 25.6 Å². The smallest absolute Gasteiger partial charge is 0.372 e. The number of carbonyl (C=O) groups excluding carboxylic acids is 1. The van der Waals surface area contributed by atoms with Crippen molar-refractivity contribution >= 4 is 21.8 Å². The molecule has 15 heavy (non-hydrogen) atoms. The van der Waals surface area contributed by atoms with Crippen LogP contribution >= 0.6 is 15.9 Å². The van der Waals surface area contributed by atoms with Crippen LogP contribution in [0.2, 0.25) is 0 Å². The molecular weight excluding hydrogens is 279 g/mol. The maximum Gasteiger partial charge on any atom is 0.411 e. The van der Waals surface area contributed by atoms with Crippen LogP contribution in [0.4, 0.5) is 13.2 Å². The molecule has 0 aromatic heterocycles. The van der Waals surface area contributed by atoms with Crippen LogP contribution in [0, 0.1) is 0 Å². The summed E-state index contributed by atoms with van der Waals surface area (Å²) in [5, 5.41) is 3.18. The molecule has 1 amide bonds. The molecule has 0 saturated carbocycles. The summed E-state index contributed by atoms with van der Waals surface area (Å²) in [6.45, 7) is 0.248. The van der Waals surface area contributed by atoms with E-state index in [1.165, 1.54) is 0 Å². The van der Waals surface area contributed by atoms with Gasteiger partial charge in [-0.2, -0.15) is 13.2 Å². The zero-order valence-corrected chi connectivity index (χ0v) is 9.82. The van der Waals surface area contributed by atoms with Gasteiger partial charge in [0.25, 0.3) is 0 Å². The van der Waals surface area contributed by atoms with Gasteiger partial charge in [-0.1, -0.05) is 15.9 Å². The van der Waals surface area contributed by atoms with Crippen LogP contribution in [0.5, 0.6) is 0 Å². The Balaban J connectivity index is 3.48. The minimum Gasteiger partial charge on any atom is -0.372 e. The maximum absolute atomic E-state index is 11.6. The normalized spacial score (nSPS) is 13.7. The maximum atomic E-state index is 11.6. The van der Waals surface area contributed by atoms with E-state index in [4.69, 9.17) is 0 Å². The quantitative estimate of drug-likeness (QED) is 0.599. The number of alkyl halides is 4. The van der Waals surface area contributed by atoms with E-state index in [-0.39, 0.29) is 25.0 Å². The fraction of sp³-hybridized carbons (Fsp3) is 0.875. The van der Waals surface area contributed by atoms with Crippen LogP contribution in [0.1, 0.15) is 13.3 Å². The fourth-order valence-electron chi connectivity index (χ4n) is 0.738. The van der Waals surface area contributed by atoms with Crippen LogP contribution in [0.25, 0.3) is 0 Å². The highest BCUT2D eigenvalue weighted by atomic mass is 79.9. The molecule has 0 saturated heterocycles. The zero-order chi connectivity index (χ0) is 11.9. The Morgan fingerprint density at radius 2 is 2.13 bits per heavy atom. The van der Waals surface area contributed by atoms with Gasteiger partial charge in [-0.05, 0) is 6.92 Å². The van der Waals surface area contributed by atoms with E-state index in [9.17, 15) is 18.0 Å². The van der Waals surface area contributed by atoms with E-state index in [0.29, 0.717) is 5.33 Å². The highest BCUT2D eigenvalue weighted by Gasteiger charge is 2.27. The predicted molar refractivity (Wildman–Crippen MR) is 52.9 cm³/mol. The van der Waals surface area contributed by atoms with E-state index >= 15 is 0 Å². The van der Waals surface area contributed by atoms with Crippen molar-refractivity contribution in [2.24, 2.45) is 0 Å². The lowest BCUT2D eigenvalue weighted by Gasteiger charge is -2.11. The number of hydrogen-bond donors (Lipinski definition) is 1. The number of ether oxygens (including phenoxy) is 1. The van der Waals surface area contributed by atoms with Crippen molar-refractivity contribution in [3.63, 3.8) is 0 Å². The molecule has 7 heteroatoms. The third-order valence-electron chi connectivity index (χ3n) is 1.38. The second-order valence-electron chi connectivity index (χ2n) is 3.04. The van der Waals surface area contributed by atoms with Gasteiger partial charge in [0.2, 0.25) is 5.91 Å². The average molecular weight is 292 g/mol. The van der Waals surface area contributed by atoms with Crippen LogP contribution in [-0.2, 0) is 9.53 Å². The lowest BCUT2D eigenvalue weighted by atomic mass is 10.3. The van der Waals surface area contributed by atoms with E-state index in [2.05, 4.69) is 26.0 Å². The molecule has 0 aliphatic heterocycles. The summed E-state index contributed by atoms with van der Waals surface area (Å²) < 4.78 is 39.1. The molecule has 1 N–H and O–H groups in total. The van der Waals surface area contributed by atoms with Crippen molar-refractivity contribution in [3.8, 4) is 0 Å². The lowest BCUT2D eigenvalue weighted by molar-refractivity contribution is -0.174. The minimum absolute atomic E-state index is 0.0416. The Labute approximate surface area is 94.5 Å². The van der Waals surface area contributed by atoms with E-state index < -0.39 is 12.8 Å². The third-order valence-corrected chi connectivity index (χ3v) is 2.35. The molecule has 0 spiro atoms. The van der Waals surface area contributed by atoms with Crippen LogP contribution < -0.4 is 5.32 Å². The first-order chi connectivity index (χ1) is 6.85. The zero-order valence-electron chi connectivity index (χ0n) is 8.23. The highest BCUT2D eigenvalue weighted by molar-refractivity contribution is 9.09. The van der Waals surface area contributed by atoms with Gasteiger partial charge in [0.15, 0.2) is 0 Å². The molecular formula is C8H13BrF3NO2. The van der Waals surface area contributed by atoms with Crippen LogP contribution in [0.3, 0.4) is 0 Å². The first-order valence-corrected chi connectivity index (χ1v) is 5.47. The SMILES string of the molecule is CC(CBr)NC(=O)CCOCC(F)(F)F. The molecule has 0 aliphatic carbocycles. The Morgan fingerprint density at radius 1 is 1.53 bits per heavy atom. The molecule has 0 bridgehead atoms. The van der Waals surface area contributed by atoms with Gasteiger partial charge >= 0.3 is 6.18 Å². The van der Waals surface area contributed by atoms with E-state index in [1.54, 1.807) is 6.92 Å². The molecule has 3 nitrogen and oxygen atoms in total. The molecule has 0 aliphatic rings. The van der Waals surface area contributed by atoms with Crippen LogP contribution in [-0.4, -0.2) is 36.7 Å². The first-order valence-electron chi connectivity index (χ1n) is 4.35. The van der Waals surface area contributed by atoms with Gasteiger partial charge in [0.1, 0.15) is 6.61 Å². The van der Waals surface area contributed by atoms with Crippen molar-refractivity contribution in [1.82, 2.24) is 5.32 Å². The Kier molecular flexibility index (Phi) is 6.91. The number of carbonyl (C=O) groups is 1. The molecule has 0 fully saturated rings. The van der Waals surface area contributed by atoms with Gasteiger partial charge in [-0.3, -0.25) is 4.79 Å². The number of nitrogens with one attached hydrogen (secondary N) is 1. The average Bonchev–Trinajstić information content (AvgIpc) is 2.11. The van der Waals surface area contributed by atoms with Gasteiger partial charge in [-0.25, -0.2) is 0 Å². The molecule has 0 aromatic rings. The minimum atomic E-state index is -4.33. The van der Waals surface area contributed by atoms with Gasteiger partial charge < -0.3 is 10.1 Å². The van der Waals surface area contributed by atoms with Crippen molar-refractivity contribution in [1.29, 1.82) is 0 Å². The monoisotopic (exact) mass is 291 g/mol. The second-order valence-corrected chi connectivity index (χ2v) is 3.69. The van der Waals surface area contributed by atoms with E-state index in [0.717, 1.165) is 0 Å². The number of amides is 1. The number of halogens is 4. The lowest BCUT2D eigenvalue weighted by Crippen LogP contribution is -2.34. The molecule has 1 atom stereocenters. The topological polar surface area (TPSA) is 38.3 Å². The standard InChI is InChI=1S/C8H13BrF3NO2/c1-6(4-9)13-7(14)2-3-15-5-8(10,11)12/h6H,2-5H2,1H3,(H,13,14). The van der Waals surface area contributed by atoms with Gasteiger partial charge in [0.05, 0.1) is 6.61 Å². The number of rotatable bonds is 6. The Morgan fingerprint density at radius 3 is 2.60 bits per heavy atom. The summed E-state index contributed by atoms with van der Waals surface area (Å²) >= 11 is 3.16. The summed E-state index contributed by atoms with van der Waals surface area (Å²) in [5.41, 5.74) is 0. The summed E-state index contributed by atoms with van der Waals surface area (Å²) in [6, 6.07) is -0.0416. The summed E-state index contributed by atoms with van der Waals surface area (Å²) in [7, 11) is 0. The molecule has 0 radical (unpaired) electrons. The van der Waals surface area contributed by atoms with Crippen molar-refractivity contribution in [2.75, 3.05) is 18.5 Å². The molecule has 90 valence electrons. The Bertz CT molecular complexity index is 199. The Hall–Kier alpha value is -0.300. The highest BCUT2D eigenvalue weighted by Crippen LogP contribution is 2.14. The molecule has 0 heterocycles. The predicted octanol–water partition coefficient (Wildman–Crippen LogP) is 1.86.